The summed E-state index contributed by atoms with van der Waals surface area (Å²) in [6.07, 6.45) is 19.4. The van der Waals surface area contributed by atoms with E-state index in [2.05, 4.69) is 21.9 Å². The average molecular weight is 630 g/mol. The van der Waals surface area contributed by atoms with Gasteiger partial charge >= 0.3 is 7.60 Å². The molecule has 2 aromatic rings. The summed E-state index contributed by atoms with van der Waals surface area (Å²) >= 11 is 0. The van der Waals surface area contributed by atoms with Crippen LogP contribution in [0.3, 0.4) is 0 Å². The highest BCUT2D eigenvalue weighted by atomic mass is 31.2. The van der Waals surface area contributed by atoms with Gasteiger partial charge in [0.1, 0.15) is 6.35 Å². The summed E-state index contributed by atoms with van der Waals surface area (Å²) in [4.78, 5) is 32.9. The molecule has 0 aliphatic rings. The fourth-order valence-corrected chi connectivity index (χ4v) is 5.72. The van der Waals surface area contributed by atoms with Crippen LogP contribution in [-0.2, 0) is 29.8 Å². The van der Waals surface area contributed by atoms with E-state index < -0.39 is 25.6 Å². The summed E-state index contributed by atoms with van der Waals surface area (Å²) in [6, 6.07) is 0. The van der Waals surface area contributed by atoms with E-state index in [9.17, 15) is 14.3 Å². The van der Waals surface area contributed by atoms with Crippen molar-refractivity contribution in [1.29, 1.82) is 0 Å². The van der Waals surface area contributed by atoms with Crippen molar-refractivity contribution in [3.8, 4) is 0 Å². The number of ether oxygens (including phenoxy) is 3. The molecule has 43 heavy (non-hydrogen) atoms. The number of aromatic amines is 1. The fraction of sp³-hybridized carbons (Fsp3) is 0.833. The molecule has 2 aromatic heterocycles. The second kappa shape index (κ2) is 22.7. The SMILES string of the molecule is CCCCCCCCCCCCCCCCOCCCOP(=O)(O)COC(COCC)Cn1cnc2c(=O)[nH]c(N)nc21. The van der Waals surface area contributed by atoms with Gasteiger partial charge in [0.05, 0.1) is 32.2 Å². The molecule has 0 bridgehead atoms. The number of nitrogens with one attached hydrogen (secondary N) is 1. The molecule has 248 valence electrons. The van der Waals surface area contributed by atoms with Crippen molar-refractivity contribution in [2.24, 2.45) is 0 Å². The molecule has 13 heteroatoms. The number of H-pyrrole nitrogens is 1. The van der Waals surface area contributed by atoms with Gasteiger partial charge in [0, 0.05) is 19.8 Å². The summed E-state index contributed by atoms with van der Waals surface area (Å²) in [5.41, 5.74) is 5.66. The highest BCUT2D eigenvalue weighted by Gasteiger charge is 2.23. The molecular weight excluding hydrogens is 573 g/mol. The van der Waals surface area contributed by atoms with Gasteiger partial charge in [-0.15, -0.1) is 0 Å². The zero-order valence-corrected chi connectivity index (χ0v) is 27.4. The molecule has 0 aliphatic heterocycles. The Bertz CT molecular complexity index is 1100. The molecule has 2 unspecified atom stereocenters. The Hall–Kier alpha value is -1.82. The Balaban J connectivity index is 1.50. The van der Waals surface area contributed by atoms with E-state index in [1.54, 1.807) is 4.57 Å². The van der Waals surface area contributed by atoms with Gasteiger partial charge in [0.15, 0.2) is 11.2 Å². The summed E-state index contributed by atoms with van der Waals surface area (Å²) in [7, 11) is -3.97. The quantitative estimate of drug-likeness (QED) is 0.0732. The summed E-state index contributed by atoms with van der Waals surface area (Å²) in [5.74, 6) is -0.0293. The number of anilines is 1. The summed E-state index contributed by atoms with van der Waals surface area (Å²) in [5, 5.41) is 0. The molecule has 2 heterocycles. The van der Waals surface area contributed by atoms with Crippen molar-refractivity contribution in [2.45, 2.75) is 123 Å². The number of nitrogens with zero attached hydrogens (tertiary/aromatic N) is 3. The van der Waals surface area contributed by atoms with Crippen molar-refractivity contribution >= 4 is 24.7 Å². The van der Waals surface area contributed by atoms with Crippen LogP contribution in [0.25, 0.3) is 11.2 Å². The Morgan fingerprint density at radius 1 is 0.907 bits per heavy atom. The minimum atomic E-state index is -3.97. The molecule has 2 atom stereocenters. The number of imidazole rings is 1. The molecule has 2 rings (SSSR count). The molecule has 0 fully saturated rings. The number of nitrogens with two attached hydrogens (primary N) is 1. The lowest BCUT2D eigenvalue weighted by Gasteiger charge is -2.20. The van der Waals surface area contributed by atoms with Gasteiger partial charge in [-0.1, -0.05) is 90.4 Å². The number of hydrogen-bond acceptors (Lipinski definition) is 9. The maximum Gasteiger partial charge on any atom is 0.353 e. The van der Waals surface area contributed by atoms with Gasteiger partial charge in [-0.05, 0) is 19.8 Å². The number of unbranched alkanes of at least 4 members (excludes halogenated alkanes) is 13. The molecule has 0 radical (unpaired) electrons. The fourth-order valence-electron chi connectivity index (χ4n) is 4.83. The maximum atomic E-state index is 12.5. The van der Waals surface area contributed by atoms with Gasteiger partial charge in [0.25, 0.3) is 5.56 Å². The highest BCUT2D eigenvalue weighted by molar-refractivity contribution is 7.52. The third-order valence-corrected chi connectivity index (χ3v) is 8.30. The van der Waals surface area contributed by atoms with Crippen LogP contribution in [0.4, 0.5) is 5.95 Å². The van der Waals surface area contributed by atoms with Gasteiger partial charge in [-0.25, -0.2) is 4.98 Å². The first-order valence-corrected chi connectivity index (χ1v) is 18.1. The first-order chi connectivity index (χ1) is 20.9. The monoisotopic (exact) mass is 629 g/mol. The van der Waals surface area contributed by atoms with Gasteiger partial charge in [-0.2, -0.15) is 4.98 Å². The van der Waals surface area contributed by atoms with Crippen LogP contribution in [0.5, 0.6) is 0 Å². The Morgan fingerprint density at radius 2 is 1.51 bits per heavy atom. The van der Waals surface area contributed by atoms with Gasteiger partial charge in [-0.3, -0.25) is 14.3 Å². The van der Waals surface area contributed by atoms with Crippen molar-refractivity contribution in [1.82, 2.24) is 19.5 Å². The van der Waals surface area contributed by atoms with Crippen LogP contribution in [0.1, 0.15) is 110 Å². The average Bonchev–Trinajstić information content (AvgIpc) is 3.38. The predicted molar refractivity (Wildman–Crippen MR) is 170 cm³/mol. The number of rotatable bonds is 28. The number of aromatic nitrogens is 4. The van der Waals surface area contributed by atoms with E-state index in [4.69, 9.17) is 24.5 Å². The number of hydrogen-bond donors (Lipinski definition) is 3. The van der Waals surface area contributed by atoms with Gasteiger partial charge in [0.2, 0.25) is 5.95 Å². The number of fused-ring (bicyclic) bond motifs is 1. The minimum Gasteiger partial charge on any atom is -0.381 e. The Labute approximate surface area is 257 Å². The second-order valence-corrected chi connectivity index (χ2v) is 12.9. The van der Waals surface area contributed by atoms with Crippen LogP contribution in [0.2, 0.25) is 0 Å². The molecule has 0 saturated heterocycles. The van der Waals surface area contributed by atoms with Crippen molar-refractivity contribution in [2.75, 3.05) is 45.1 Å². The van der Waals surface area contributed by atoms with E-state index in [-0.39, 0.29) is 31.2 Å². The molecule has 0 amide bonds. The van der Waals surface area contributed by atoms with Crippen molar-refractivity contribution < 1.29 is 28.2 Å². The molecular formula is C30H56N5O7P. The molecule has 0 aromatic carbocycles. The largest absolute Gasteiger partial charge is 0.381 e. The van der Waals surface area contributed by atoms with E-state index >= 15 is 0 Å². The lowest BCUT2D eigenvalue weighted by Crippen LogP contribution is -2.26. The van der Waals surface area contributed by atoms with Gasteiger partial charge < -0.3 is 33.9 Å². The summed E-state index contributed by atoms with van der Waals surface area (Å²) < 4.78 is 36.2. The van der Waals surface area contributed by atoms with Crippen molar-refractivity contribution in [3.63, 3.8) is 0 Å². The highest BCUT2D eigenvalue weighted by Crippen LogP contribution is 2.42. The Morgan fingerprint density at radius 3 is 2.14 bits per heavy atom. The smallest absolute Gasteiger partial charge is 0.353 e. The lowest BCUT2D eigenvalue weighted by atomic mass is 10.0. The molecule has 0 spiro atoms. The Kier molecular flexibility index (Phi) is 19.7. The topological polar surface area (TPSA) is 164 Å². The van der Waals surface area contributed by atoms with E-state index in [1.165, 1.54) is 89.8 Å². The minimum absolute atomic E-state index is 0.0293. The third-order valence-electron chi connectivity index (χ3n) is 7.24. The van der Waals surface area contributed by atoms with Crippen LogP contribution < -0.4 is 11.3 Å². The van der Waals surface area contributed by atoms with E-state index in [0.717, 1.165) is 6.42 Å². The molecule has 4 N–H and O–H groups in total. The second-order valence-electron chi connectivity index (χ2n) is 11.1. The molecule has 0 aliphatic carbocycles. The molecule has 12 nitrogen and oxygen atoms in total. The van der Waals surface area contributed by atoms with E-state index in [1.807, 2.05) is 6.92 Å². The van der Waals surface area contributed by atoms with Crippen LogP contribution >= 0.6 is 7.60 Å². The van der Waals surface area contributed by atoms with Crippen molar-refractivity contribution in [3.05, 3.63) is 16.7 Å². The normalized spacial score (nSPS) is 13.9. The maximum absolute atomic E-state index is 12.5. The van der Waals surface area contributed by atoms with Crippen LogP contribution in [0, 0.1) is 0 Å². The molecule has 0 saturated carbocycles. The lowest BCUT2D eigenvalue weighted by molar-refractivity contribution is -0.00983. The zero-order valence-electron chi connectivity index (χ0n) is 26.5. The van der Waals surface area contributed by atoms with Crippen LogP contribution in [-0.4, -0.2) is 69.9 Å². The first-order valence-electron chi connectivity index (χ1n) is 16.3. The van der Waals surface area contributed by atoms with E-state index in [0.29, 0.717) is 31.9 Å². The number of nitrogen functional groups attached to an aromatic ring is 1. The standard InChI is InChI=1S/C30H56N5O7P/c1-3-5-6-7-8-9-10-11-12-13-14-15-16-17-19-40-20-18-21-42-43(37,38)25-41-26(23-39-4-2)22-35-24-32-27-28(35)33-30(31)34-29(27)36/h24,26H,3-23,25H2,1-2H3,(H,37,38)(H3,31,33,34,36). The zero-order chi connectivity index (χ0) is 31.2. The first kappa shape index (κ1) is 37.4. The summed E-state index contributed by atoms with van der Waals surface area (Å²) in [6.45, 7) is 6.20. The van der Waals surface area contributed by atoms with Crippen LogP contribution in [0.15, 0.2) is 11.1 Å². The predicted octanol–water partition coefficient (Wildman–Crippen LogP) is 6.17. The third kappa shape index (κ3) is 16.7.